The molecule has 2 heterocycles. The van der Waals surface area contributed by atoms with Crippen molar-refractivity contribution in [3.8, 4) is 11.5 Å². The summed E-state index contributed by atoms with van der Waals surface area (Å²) in [5.41, 5.74) is 2.85. The summed E-state index contributed by atoms with van der Waals surface area (Å²) in [6, 6.07) is 8.77. The Kier molecular flexibility index (Phi) is 7.18. The number of hydrogen-bond acceptors (Lipinski definition) is 5. The van der Waals surface area contributed by atoms with E-state index in [4.69, 9.17) is 21.1 Å². The SMILES string of the molecule is COc1cc2c(cc1OC)CN(C(=O)CN1CCN(Cc3c(F)cccc3Cl)CC1)CC2. The fourth-order valence-electron chi connectivity index (χ4n) is 4.40. The zero-order valence-corrected chi connectivity index (χ0v) is 19.3. The monoisotopic (exact) mass is 461 g/mol. The van der Waals surface area contributed by atoms with E-state index >= 15 is 0 Å². The second-order valence-electron chi connectivity index (χ2n) is 8.29. The third-order valence-electron chi connectivity index (χ3n) is 6.34. The molecule has 2 aromatic rings. The van der Waals surface area contributed by atoms with Gasteiger partial charge in [-0.25, -0.2) is 4.39 Å². The predicted molar refractivity (Wildman–Crippen MR) is 122 cm³/mol. The molecule has 8 heteroatoms. The van der Waals surface area contributed by atoms with Crippen molar-refractivity contribution < 1.29 is 18.7 Å². The zero-order chi connectivity index (χ0) is 22.7. The molecule has 0 aliphatic carbocycles. The third-order valence-corrected chi connectivity index (χ3v) is 6.69. The number of amides is 1. The Bertz CT molecular complexity index is 959. The summed E-state index contributed by atoms with van der Waals surface area (Å²) >= 11 is 6.16. The highest BCUT2D eigenvalue weighted by Crippen LogP contribution is 2.33. The second-order valence-corrected chi connectivity index (χ2v) is 8.70. The summed E-state index contributed by atoms with van der Waals surface area (Å²) in [7, 11) is 3.25. The molecular weight excluding hydrogens is 433 g/mol. The summed E-state index contributed by atoms with van der Waals surface area (Å²) in [4.78, 5) is 19.2. The first kappa shape index (κ1) is 22.8. The van der Waals surface area contributed by atoms with Crippen molar-refractivity contribution in [2.24, 2.45) is 0 Å². The number of piperazine rings is 1. The maximum absolute atomic E-state index is 14.1. The van der Waals surface area contributed by atoms with Crippen molar-refractivity contribution in [1.29, 1.82) is 0 Å². The number of ether oxygens (including phenoxy) is 2. The van der Waals surface area contributed by atoms with Gasteiger partial charge in [-0.05, 0) is 41.8 Å². The standard InChI is InChI=1S/C24H29ClFN3O3/c1-31-22-12-17-6-7-29(14-18(17)13-23(22)32-2)24(30)16-28-10-8-27(9-11-28)15-19-20(25)4-3-5-21(19)26/h3-5,12-13H,6-11,14-16H2,1-2H3. The number of methoxy groups -OCH3 is 2. The van der Waals surface area contributed by atoms with Gasteiger partial charge in [0, 0.05) is 56.4 Å². The minimum absolute atomic E-state index is 0.135. The molecule has 0 saturated carbocycles. The zero-order valence-electron chi connectivity index (χ0n) is 18.6. The van der Waals surface area contributed by atoms with Crippen LogP contribution in [-0.4, -0.2) is 74.1 Å². The molecule has 0 radical (unpaired) electrons. The van der Waals surface area contributed by atoms with Crippen LogP contribution < -0.4 is 9.47 Å². The first-order chi connectivity index (χ1) is 15.5. The molecule has 2 aliphatic rings. The quantitative estimate of drug-likeness (QED) is 0.661. The summed E-state index contributed by atoms with van der Waals surface area (Å²) in [6.45, 7) is 5.27. The number of rotatable bonds is 6. The number of nitrogens with zero attached hydrogens (tertiary/aromatic N) is 3. The molecule has 0 atom stereocenters. The number of fused-ring (bicyclic) bond motifs is 1. The minimum atomic E-state index is -0.269. The van der Waals surface area contributed by atoms with Gasteiger partial charge < -0.3 is 14.4 Å². The van der Waals surface area contributed by atoms with Crippen molar-refractivity contribution in [2.45, 2.75) is 19.5 Å². The highest BCUT2D eigenvalue weighted by molar-refractivity contribution is 6.31. The van der Waals surface area contributed by atoms with Crippen LogP contribution in [0.2, 0.25) is 5.02 Å². The number of carbonyl (C=O) groups excluding carboxylic acids is 1. The molecule has 2 aromatic carbocycles. The Balaban J connectivity index is 1.30. The molecular formula is C24H29ClFN3O3. The van der Waals surface area contributed by atoms with Gasteiger partial charge in [0.25, 0.3) is 0 Å². The van der Waals surface area contributed by atoms with E-state index in [9.17, 15) is 9.18 Å². The van der Waals surface area contributed by atoms with E-state index in [-0.39, 0.29) is 11.7 Å². The van der Waals surface area contributed by atoms with E-state index in [2.05, 4.69) is 9.80 Å². The lowest BCUT2D eigenvalue weighted by Gasteiger charge is -2.36. The molecule has 1 fully saturated rings. The fraction of sp³-hybridized carbons (Fsp3) is 0.458. The van der Waals surface area contributed by atoms with E-state index in [1.165, 1.54) is 11.6 Å². The number of benzene rings is 2. The van der Waals surface area contributed by atoms with Gasteiger partial charge >= 0.3 is 0 Å². The van der Waals surface area contributed by atoms with Crippen molar-refractivity contribution in [3.05, 3.63) is 57.9 Å². The summed E-state index contributed by atoms with van der Waals surface area (Å²) in [6.07, 6.45) is 0.804. The first-order valence-corrected chi connectivity index (χ1v) is 11.3. The fourth-order valence-corrected chi connectivity index (χ4v) is 4.62. The van der Waals surface area contributed by atoms with Crippen LogP contribution >= 0.6 is 11.6 Å². The highest BCUT2D eigenvalue weighted by Gasteiger charge is 2.26. The van der Waals surface area contributed by atoms with Crippen LogP contribution in [-0.2, 0) is 24.3 Å². The van der Waals surface area contributed by atoms with Gasteiger partial charge in [0.2, 0.25) is 5.91 Å². The maximum atomic E-state index is 14.1. The Morgan fingerprint density at radius 2 is 1.66 bits per heavy atom. The molecule has 0 N–H and O–H groups in total. The van der Waals surface area contributed by atoms with E-state index in [0.29, 0.717) is 42.5 Å². The molecule has 4 rings (SSSR count). The lowest BCUT2D eigenvalue weighted by molar-refractivity contribution is -0.133. The molecule has 32 heavy (non-hydrogen) atoms. The lowest BCUT2D eigenvalue weighted by atomic mass is 9.98. The van der Waals surface area contributed by atoms with Gasteiger partial charge in [0.15, 0.2) is 11.5 Å². The molecule has 2 aliphatic heterocycles. The van der Waals surface area contributed by atoms with Crippen LogP contribution in [0.25, 0.3) is 0 Å². The van der Waals surface area contributed by atoms with E-state index in [0.717, 1.165) is 43.9 Å². The Morgan fingerprint density at radius 1 is 1.00 bits per heavy atom. The van der Waals surface area contributed by atoms with Crippen LogP contribution in [0, 0.1) is 5.82 Å². The average Bonchev–Trinajstić information content (AvgIpc) is 2.81. The van der Waals surface area contributed by atoms with Crippen LogP contribution in [0.3, 0.4) is 0 Å². The van der Waals surface area contributed by atoms with Gasteiger partial charge in [-0.15, -0.1) is 0 Å². The molecule has 0 aromatic heterocycles. The van der Waals surface area contributed by atoms with Crippen LogP contribution in [0.1, 0.15) is 16.7 Å². The molecule has 1 amide bonds. The molecule has 0 unspecified atom stereocenters. The Morgan fingerprint density at radius 3 is 2.31 bits per heavy atom. The van der Waals surface area contributed by atoms with Gasteiger partial charge in [-0.1, -0.05) is 17.7 Å². The van der Waals surface area contributed by atoms with Gasteiger partial charge in [0.05, 0.1) is 20.8 Å². The Hall–Kier alpha value is -2.35. The number of hydrogen-bond donors (Lipinski definition) is 0. The average molecular weight is 462 g/mol. The van der Waals surface area contributed by atoms with Crippen LogP contribution in [0.5, 0.6) is 11.5 Å². The minimum Gasteiger partial charge on any atom is -0.493 e. The number of carbonyl (C=O) groups is 1. The lowest BCUT2D eigenvalue weighted by Crippen LogP contribution is -2.50. The maximum Gasteiger partial charge on any atom is 0.237 e. The van der Waals surface area contributed by atoms with Crippen molar-refractivity contribution in [2.75, 3.05) is 53.5 Å². The summed E-state index contributed by atoms with van der Waals surface area (Å²) in [5.74, 6) is 1.28. The normalized spacial score (nSPS) is 17.2. The van der Waals surface area contributed by atoms with Gasteiger partial charge in [-0.3, -0.25) is 14.6 Å². The van der Waals surface area contributed by atoms with E-state index in [1.54, 1.807) is 26.4 Å². The van der Waals surface area contributed by atoms with Crippen molar-refractivity contribution in [1.82, 2.24) is 14.7 Å². The molecule has 6 nitrogen and oxygen atoms in total. The van der Waals surface area contributed by atoms with E-state index in [1.807, 2.05) is 17.0 Å². The molecule has 172 valence electrons. The smallest absolute Gasteiger partial charge is 0.237 e. The van der Waals surface area contributed by atoms with Crippen LogP contribution in [0.4, 0.5) is 4.39 Å². The first-order valence-electron chi connectivity index (χ1n) is 10.9. The summed E-state index contributed by atoms with van der Waals surface area (Å²) in [5, 5.41) is 0.460. The van der Waals surface area contributed by atoms with Crippen LogP contribution in [0.15, 0.2) is 30.3 Å². The number of halogens is 2. The largest absolute Gasteiger partial charge is 0.493 e. The van der Waals surface area contributed by atoms with Crippen molar-refractivity contribution in [3.63, 3.8) is 0 Å². The predicted octanol–water partition coefficient (Wildman–Crippen LogP) is 3.20. The second kappa shape index (κ2) is 10.1. The third kappa shape index (κ3) is 5.00. The topological polar surface area (TPSA) is 45.3 Å². The van der Waals surface area contributed by atoms with E-state index < -0.39 is 0 Å². The van der Waals surface area contributed by atoms with Gasteiger partial charge in [-0.2, -0.15) is 0 Å². The molecule has 0 spiro atoms. The molecule has 0 bridgehead atoms. The highest BCUT2D eigenvalue weighted by atomic mass is 35.5. The molecule has 1 saturated heterocycles. The summed E-state index contributed by atoms with van der Waals surface area (Å²) < 4.78 is 24.9. The Labute approximate surface area is 193 Å². The van der Waals surface area contributed by atoms with Gasteiger partial charge in [0.1, 0.15) is 5.82 Å². The van der Waals surface area contributed by atoms with Crippen molar-refractivity contribution >= 4 is 17.5 Å².